The number of carbonyl (C=O) groups excluding carboxylic acids is 1. The van der Waals surface area contributed by atoms with Gasteiger partial charge < -0.3 is 20.5 Å². The number of carboxylic acid groups (broad SMARTS) is 1. The molecule has 6 heteroatoms. The van der Waals surface area contributed by atoms with Crippen LogP contribution in [0.5, 0.6) is 5.75 Å². The predicted molar refractivity (Wildman–Crippen MR) is 74.2 cm³/mol. The maximum absolute atomic E-state index is 12.1. The van der Waals surface area contributed by atoms with Crippen LogP contribution in [0.25, 0.3) is 0 Å². The van der Waals surface area contributed by atoms with E-state index in [1.807, 2.05) is 0 Å². The molecule has 1 saturated heterocycles. The molecule has 0 saturated carbocycles. The Kier molecular flexibility index (Phi) is 4.57. The number of ether oxygens (including phenoxy) is 1. The average molecular weight is 278 g/mol. The first kappa shape index (κ1) is 14.3. The molecule has 1 unspecified atom stereocenters. The number of carboxylic acids is 1. The lowest BCUT2D eigenvalue weighted by molar-refractivity contribution is -0.118. The SMILES string of the molecule is COc1ccc(C(=O)O)c(NC(=O)C2CCCCN2)c1. The molecule has 0 bridgehead atoms. The Labute approximate surface area is 117 Å². The predicted octanol–water partition coefficient (Wildman–Crippen LogP) is 1.47. The highest BCUT2D eigenvalue weighted by atomic mass is 16.5. The van der Waals surface area contributed by atoms with E-state index >= 15 is 0 Å². The van der Waals surface area contributed by atoms with Crippen molar-refractivity contribution in [3.63, 3.8) is 0 Å². The lowest BCUT2D eigenvalue weighted by atomic mass is 10.0. The molecule has 0 aromatic heterocycles. The highest BCUT2D eigenvalue weighted by Gasteiger charge is 2.22. The zero-order valence-corrected chi connectivity index (χ0v) is 11.3. The van der Waals surface area contributed by atoms with Crippen LogP contribution >= 0.6 is 0 Å². The molecule has 0 aliphatic carbocycles. The van der Waals surface area contributed by atoms with Gasteiger partial charge in [-0.3, -0.25) is 4.79 Å². The van der Waals surface area contributed by atoms with Gasteiger partial charge in [-0.2, -0.15) is 0 Å². The van der Waals surface area contributed by atoms with Crippen molar-refractivity contribution in [2.75, 3.05) is 19.0 Å². The lowest BCUT2D eigenvalue weighted by Gasteiger charge is -2.23. The highest BCUT2D eigenvalue weighted by Crippen LogP contribution is 2.23. The number of piperidine rings is 1. The number of amides is 1. The van der Waals surface area contributed by atoms with Gasteiger partial charge in [0.1, 0.15) is 5.75 Å². The fraction of sp³-hybridized carbons (Fsp3) is 0.429. The van der Waals surface area contributed by atoms with Gasteiger partial charge in [-0.25, -0.2) is 4.79 Å². The Balaban J connectivity index is 2.17. The van der Waals surface area contributed by atoms with E-state index in [1.165, 1.54) is 19.2 Å². The number of nitrogens with one attached hydrogen (secondary N) is 2. The largest absolute Gasteiger partial charge is 0.497 e. The number of carbonyl (C=O) groups is 2. The molecular weight excluding hydrogens is 260 g/mol. The molecule has 1 heterocycles. The third-order valence-corrected chi connectivity index (χ3v) is 3.34. The molecule has 108 valence electrons. The third-order valence-electron chi connectivity index (χ3n) is 3.34. The van der Waals surface area contributed by atoms with Crippen molar-refractivity contribution in [1.29, 1.82) is 0 Å². The summed E-state index contributed by atoms with van der Waals surface area (Å²) in [5.41, 5.74) is 0.309. The Morgan fingerprint density at radius 1 is 1.40 bits per heavy atom. The number of methoxy groups -OCH3 is 1. The molecule has 1 aliphatic rings. The summed E-state index contributed by atoms with van der Waals surface area (Å²) in [7, 11) is 1.49. The van der Waals surface area contributed by atoms with Gasteiger partial charge >= 0.3 is 5.97 Å². The zero-order valence-electron chi connectivity index (χ0n) is 11.3. The van der Waals surface area contributed by atoms with Crippen LogP contribution < -0.4 is 15.4 Å². The van der Waals surface area contributed by atoms with Crippen molar-refractivity contribution >= 4 is 17.6 Å². The van der Waals surface area contributed by atoms with Crippen LogP contribution in [0.1, 0.15) is 29.6 Å². The summed E-state index contributed by atoms with van der Waals surface area (Å²) in [4.78, 5) is 23.3. The first-order chi connectivity index (χ1) is 9.61. The van der Waals surface area contributed by atoms with E-state index in [-0.39, 0.29) is 23.2 Å². The topological polar surface area (TPSA) is 87.7 Å². The normalized spacial score (nSPS) is 18.4. The van der Waals surface area contributed by atoms with Crippen LogP contribution in [0.2, 0.25) is 0 Å². The molecule has 1 atom stereocenters. The molecule has 1 aromatic rings. The van der Waals surface area contributed by atoms with Gasteiger partial charge in [-0.1, -0.05) is 6.42 Å². The first-order valence-electron chi connectivity index (χ1n) is 6.57. The summed E-state index contributed by atoms with van der Waals surface area (Å²) in [5, 5.41) is 14.9. The van der Waals surface area contributed by atoms with Gasteiger partial charge in [0, 0.05) is 6.07 Å². The second kappa shape index (κ2) is 6.38. The van der Waals surface area contributed by atoms with Crippen molar-refractivity contribution in [3.8, 4) is 5.75 Å². The number of benzene rings is 1. The van der Waals surface area contributed by atoms with Crippen molar-refractivity contribution in [1.82, 2.24) is 5.32 Å². The average Bonchev–Trinajstić information content (AvgIpc) is 2.47. The molecule has 1 aromatic carbocycles. The van der Waals surface area contributed by atoms with Gasteiger partial charge in [-0.15, -0.1) is 0 Å². The van der Waals surface area contributed by atoms with E-state index < -0.39 is 5.97 Å². The second-order valence-electron chi connectivity index (χ2n) is 4.71. The highest BCUT2D eigenvalue weighted by molar-refractivity contribution is 6.02. The van der Waals surface area contributed by atoms with Crippen LogP contribution in [0.4, 0.5) is 5.69 Å². The Hall–Kier alpha value is -2.08. The molecule has 1 amide bonds. The maximum Gasteiger partial charge on any atom is 0.337 e. The fourth-order valence-electron chi connectivity index (χ4n) is 2.24. The van der Waals surface area contributed by atoms with E-state index in [9.17, 15) is 9.59 Å². The Morgan fingerprint density at radius 2 is 2.20 bits per heavy atom. The molecule has 20 heavy (non-hydrogen) atoms. The second-order valence-corrected chi connectivity index (χ2v) is 4.71. The van der Waals surface area contributed by atoms with E-state index in [4.69, 9.17) is 9.84 Å². The van der Waals surface area contributed by atoms with Crippen molar-refractivity contribution in [3.05, 3.63) is 23.8 Å². The number of aromatic carboxylic acids is 1. The third kappa shape index (κ3) is 3.27. The van der Waals surface area contributed by atoms with Gasteiger partial charge in [0.2, 0.25) is 5.91 Å². The summed E-state index contributed by atoms with van der Waals surface area (Å²) in [6.45, 7) is 0.808. The fourth-order valence-corrected chi connectivity index (χ4v) is 2.24. The van der Waals surface area contributed by atoms with E-state index in [1.54, 1.807) is 6.07 Å². The van der Waals surface area contributed by atoms with Gasteiger partial charge in [0.25, 0.3) is 0 Å². The Morgan fingerprint density at radius 3 is 2.80 bits per heavy atom. The van der Waals surface area contributed by atoms with Gasteiger partial charge in [0.15, 0.2) is 0 Å². The summed E-state index contributed by atoms with van der Waals surface area (Å²) >= 11 is 0. The summed E-state index contributed by atoms with van der Waals surface area (Å²) in [6.07, 6.45) is 2.82. The van der Waals surface area contributed by atoms with E-state index in [0.717, 1.165) is 25.8 Å². The van der Waals surface area contributed by atoms with Crippen LogP contribution in [-0.2, 0) is 4.79 Å². The van der Waals surface area contributed by atoms with Gasteiger partial charge in [-0.05, 0) is 31.5 Å². The van der Waals surface area contributed by atoms with Gasteiger partial charge in [0.05, 0.1) is 24.4 Å². The molecule has 0 radical (unpaired) electrons. The maximum atomic E-state index is 12.1. The summed E-state index contributed by atoms with van der Waals surface area (Å²) in [5.74, 6) is -0.790. The molecule has 1 aliphatic heterocycles. The molecule has 3 N–H and O–H groups in total. The number of rotatable bonds is 4. The number of hydrogen-bond acceptors (Lipinski definition) is 4. The van der Waals surface area contributed by atoms with Crippen molar-refractivity contribution in [2.24, 2.45) is 0 Å². The van der Waals surface area contributed by atoms with Crippen LogP contribution in [-0.4, -0.2) is 36.7 Å². The monoisotopic (exact) mass is 278 g/mol. The number of hydrogen-bond donors (Lipinski definition) is 3. The lowest BCUT2D eigenvalue weighted by Crippen LogP contribution is -2.43. The Bertz CT molecular complexity index is 510. The number of anilines is 1. The van der Waals surface area contributed by atoms with Crippen LogP contribution in [0.15, 0.2) is 18.2 Å². The minimum Gasteiger partial charge on any atom is -0.497 e. The summed E-state index contributed by atoms with van der Waals surface area (Å²) in [6, 6.07) is 4.23. The van der Waals surface area contributed by atoms with Crippen molar-refractivity contribution in [2.45, 2.75) is 25.3 Å². The smallest absolute Gasteiger partial charge is 0.337 e. The van der Waals surface area contributed by atoms with Crippen molar-refractivity contribution < 1.29 is 19.4 Å². The van der Waals surface area contributed by atoms with Crippen LogP contribution in [0, 0.1) is 0 Å². The van der Waals surface area contributed by atoms with E-state index in [0.29, 0.717) is 5.75 Å². The minimum absolute atomic E-state index is 0.0509. The van der Waals surface area contributed by atoms with E-state index in [2.05, 4.69) is 10.6 Å². The molecule has 1 fully saturated rings. The van der Waals surface area contributed by atoms with Crippen LogP contribution in [0.3, 0.4) is 0 Å². The standard InChI is InChI=1S/C14H18N2O4/c1-20-9-5-6-10(14(18)19)12(8-9)16-13(17)11-4-2-3-7-15-11/h5-6,8,11,15H,2-4,7H2,1H3,(H,16,17)(H,18,19). The first-order valence-corrected chi connectivity index (χ1v) is 6.57. The quantitative estimate of drug-likeness (QED) is 0.776. The summed E-state index contributed by atoms with van der Waals surface area (Å²) < 4.78 is 5.06. The molecule has 6 nitrogen and oxygen atoms in total. The minimum atomic E-state index is -1.08. The molecule has 2 rings (SSSR count). The molecular formula is C14H18N2O4. The zero-order chi connectivity index (χ0) is 14.5. The molecule has 0 spiro atoms.